The summed E-state index contributed by atoms with van der Waals surface area (Å²) in [4.78, 5) is 33.3. The minimum absolute atomic E-state index is 0.146. The molecule has 0 aliphatic heterocycles. The zero-order chi connectivity index (χ0) is 18.4. The molecule has 0 aromatic heterocycles. The van der Waals surface area contributed by atoms with Crippen molar-refractivity contribution in [1.82, 2.24) is 0 Å². The van der Waals surface area contributed by atoms with E-state index in [1.165, 1.54) is 25.3 Å². The van der Waals surface area contributed by atoms with Crippen LogP contribution in [0, 0.1) is 20.2 Å². The number of non-ortho nitro benzene ring substituents is 1. The molecule has 2 rings (SSSR count). The summed E-state index contributed by atoms with van der Waals surface area (Å²) in [6, 6.07) is 12.3. The Kier molecular flexibility index (Phi) is 6.07. The van der Waals surface area contributed by atoms with E-state index in [2.05, 4.69) is 0 Å². The number of ether oxygens (including phenoxy) is 1. The SMILES string of the molecule is COC(=O)c1ccccc1SC(C[N+](=O)[O-])c1cccc([N+](=O)[O-])c1. The number of methoxy groups -OCH3 is 1. The summed E-state index contributed by atoms with van der Waals surface area (Å²) in [5.41, 5.74) is 0.581. The number of hydrogen-bond donors (Lipinski definition) is 0. The third-order valence-corrected chi connectivity index (χ3v) is 4.64. The van der Waals surface area contributed by atoms with E-state index < -0.39 is 27.6 Å². The molecule has 0 saturated heterocycles. The van der Waals surface area contributed by atoms with E-state index in [-0.39, 0.29) is 11.3 Å². The molecule has 1 atom stereocenters. The highest BCUT2D eigenvalue weighted by Gasteiger charge is 2.24. The van der Waals surface area contributed by atoms with E-state index in [1.807, 2.05) is 0 Å². The van der Waals surface area contributed by atoms with E-state index in [9.17, 15) is 25.0 Å². The molecule has 2 aromatic carbocycles. The molecule has 0 aliphatic rings. The monoisotopic (exact) mass is 362 g/mol. The Morgan fingerprint density at radius 1 is 1.16 bits per heavy atom. The Hall–Kier alpha value is -2.94. The highest BCUT2D eigenvalue weighted by atomic mass is 32.2. The van der Waals surface area contributed by atoms with Crippen molar-refractivity contribution in [3.05, 3.63) is 79.9 Å². The van der Waals surface area contributed by atoms with Gasteiger partial charge in [0.05, 0.1) is 22.8 Å². The molecule has 1 unspecified atom stereocenters. The zero-order valence-corrected chi connectivity index (χ0v) is 14.0. The van der Waals surface area contributed by atoms with Crippen LogP contribution in [-0.4, -0.2) is 29.5 Å². The highest BCUT2D eigenvalue weighted by molar-refractivity contribution is 7.99. The first-order valence-corrected chi connectivity index (χ1v) is 8.00. The van der Waals surface area contributed by atoms with E-state index >= 15 is 0 Å². The quantitative estimate of drug-likeness (QED) is 0.320. The number of benzene rings is 2. The molecule has 0 amide bonds. The molecule has 0 heterocycles. The molecule has 0 saturated carbocycles. The van der Waals surface area contributed by atoms with Crippen molar-refractivity contribution < 1.29 is 19.4 Å². The lowest BCUT2D eigenvalue weighted by Gasteiger charge is -2.15. The van der Waals surface area contributed by atoms with Gasteiger partial charge in [0.15, 0.2) is 0 Å². The Morgan fingerprint density at radius 3 is 2.52 bits per heavy atom. The van der Waals surface area contributed by atoms with E-state index in [0.29, 0.717) is 10.5 Å². The normalized spacial score (nSPS) is 11.6. The van der Waals surface area contributed by atoms with Crippen LogP contribution in [0.15, 0.2) is 53.4 Å². The van der Waals surface area contributed by atoms with Crippen molar-refractivity contribution in [2.45, 2.75) is 10.1 Å². The smallest absolute Gasteiger partial charge is 0.338 e. The topological polar surface area (TPSA) is 113 Å². The van der Waals surface area contributed by atoms with Crippen LogP contribution in [0.3, 0.4) is 0 Å². The molecule has 0 aliphatic carbocycles. The third-order valence-electron chi connectivity index (χ3n) is 3.33. The maximum Gasteiger partial charge on any atom is 0.338 e. The minimum Gasteiger partial charge on any atom is -0.465 e. The summed E-state index contributed by atoms with van der Waals surface area (Å²) in [5.74, 6) is -0.554. The Labute approximate surface area is 147 Å². The molecule has 0 bridgehead atoms. The molecule has 2 aromatic rings. The second kappa shape index (κ2) is 8.25. The van der Waals surface area contributed by atoms with Gasteiger partial charge in [-0.3, -0.25) is 20.2 Å². The van der Waals surface area contributed by atoms with Gasteiger partial charge < -0.3 is 4.74 Å². The summed E-state index contributed by atoms with van der Waals surface area (Å²) in [7, 11) is 1.25. The number of nitro benzene ring substituents is 1. The van der Waals surface area contributed by atoms with Gasteiger partial charge in [-0.1, -0.05) is 24.3 Å². The van der Waals surface area contributed by atoms with Gasteiger partial charge in [-0.2, -0.15) is 0 Å². The van der Waals surface area contributed by atoms with Gasteiger partial charge in [0.2, 0.25) is 6.54 Å². The van der Waals surface area contributed by atoms with Crippen molar-refractivity contribution in [3.63, 3.8) is 0 Å². The highest BCUT2D eigenvalue weighted by Crippen LogP contribution is 2.38. The second-order valence-corrected chi connectivity index (χ2v) is 6.21. The molecule has 0 radical (unpaired) electrons. The number of thioether (sulfide) groups is 1. The Balaban J connectivity index is 2.40. The van der Waals surface area contributed by atoms with Crippen LogP contribution < -0.4 is 0 Å². The number of carbonyl (C=O) groups is 1. The number of carbonyl (C=O) groups excluding carboxylic acids is 1. The average Bonchev–Trinajstić information content (AvgIpc) is 2.60. The summed E-state index contributed by atoms with van der Waals surface area (Å²) < 4.78 is 4.72. The van der Waals surface area contributed by atoms with Gasteiger partial charge in [-0.05, 0) is 17.7 Å². The number of esters is 1. The summed E-state index contributed by atoms with van der Waals surface area (Å²) in [6.07, 6.45) is 0. The van der Waals surface area contributed by atoms with Crippen LogP contribution in [0.2, 0.25) is 0 Å². The molecule has 25 heavy (non-hydrogen) atoms. The first kappa shape index (κ1) is 18.4. The Bertz CT molecular complexity index is 811. The van der Waals surface area contributed by atoms with E-state index in [1.54, 1.807) is 30.3 Å². The van der Waals surface area contributed by atoms with Crippen LogP contribution in [0.4, 0.5) is 5.69 Å². The first-order valence-electron chi connectivity index (χ1n) is 7.12. The predicted octanol–water partition coefficient (Wildman–Crippen LogP) is 3.49. The molecule has 0 N–H and O–H groups in total. The van der Waals surface area contributed by atoms with Crippen molar-refractivity contribution >= 4 is 23.4 Å². The lowest BCUT2D eigenvalue weighted by atomic mass is 10.1. The largest absolute Gasteiger partial charge is 0.465 e. The maximum absolute atomic E-state index is 11.9. The number of hydrogen-bond acceptors (Lipinski definition) is 7. The maximum atomic E-state index is 11.9. The van der Waals surface area contributed by atoms with Crippen LogP contribution in [-0.2, 0) is 4.74 Å². The van der Waals surface area contributed by atoms with Crippen LogP contribution in [0.5, 0.6) is 0 Å². The average molecular weight is 362 g/mol. The Morgan fingerprint density at radius 2 is 1.88 bits per heavy atom. The van der Waals surface area contributed by atoms with Gasteiger partial charge in [-0.25, -0.2) is 4.79 Å². The van der Waals surface area contributed by atoms with Crippen molar-refractivity contribution in [1.29, 1.82) is 0 Å². The molecular weight excluding hydrogens is 348 g/mol. The fourth-order valence-corrected chi connectivity index (χ4v) is 3.41. The minimum atomic E-state index is -0.694. The predicted molar refractivity (Wildman–Crippen MR) is 91.3 cm³/mol. The van der Waals surface area contributed by atoms with Gasteiger partial charge in [0.25, 0.3) is 5.69 Å². The lowest BCUT2D eigenvalue weighted by molar-refractivity contribution is -0.479. The third kappa shape index (κ3) is 4.77. The number of nitro groups is 2. The fourth-order valence-electron chi connectivity index (χ4n) is 2.19. The van der Waals surface area contributed by atoms with Gasteiger partial charge in [-0.15, -0.1) is 11.8 Å². The van der Waals surface area contributed by atoms with E-state index in [4.69, 9.17) is 4.74 Å². The number of nitrogens with zero attached hydrogens (tertiary/aromatic N) is 2. The summed E-state index contributed by atoms with van der Waals surface area (Å²) >= 11 is 1.10. The van der Waals surface area contributed by atoms with Crippen molar-refractivity contribution in [3.8, 4) is 0 Å². The van der Waals surface area contributed by atoms with Gasteiger partial charge in [0, 0.05) is 22.0 Å². The second-order valence-electron chi connectivity index (χ2n) is 4.96. The molecular formula is C16H14N2O6S. The molecule has 130 valence electrons. The standard InChI is InChI=1S/C16H14N2O6S/c1-24-16(19)13-7-2-3-8-14(13)25-15(10-17(20)21)11-5-4-6-12(9-11)18(22)23/h2-9,15H,10H2,1H3. The lowest BCUT2D eigenvalue weighted by Crippen LogP contribution is -2.11. The molecule has 0 fully saturated rings. The van der Waals surface area contributed by atoms with Crippen LogP contribution in [0.1, 0.15) is 21.2 Å². The van der Waals surface area contributed by atoms with Crippen LogP contribution in [0.25, 0.3) is 0 Å². The zero-order valence-electron chi connectivity index (χ0n) is 13.2. The fraction of sp³-hybridized carbons (Fsp3) is 0.188. The van der Waals surface area contributed by atoms with Crippen molar-refractivity contribution in [2.75, 3.05) is 13.7 Å². The molecule has 8 nitrogen and oxygen atoms in total. The number of rotatable bonds is 7. The summed E-state index contributed by atoms with van der Waals surface area (Å²) in [6.45, 7) is -0.443. The summed E-state index contributed by atoms with van der Waals surface area (Å²) in [5, 5.41) is 21.3. The molecule has 9 heteroatoms. The first-order chi connectivity index (χ1) is 11.9. The van der Waals surface area contributed by atoms with Gasteiger partial charge >= 0.3 is 5.97 Å². The van der Waals surface area contributed by atoms with Crippen LogP contribution >= 0.6 is 11.8 Å². The molecule has 0 spiro atoms. The van der Waals surface area contributed by atoms with Gasteiger partial charge in [0.1, 0.15) is 0 Å². The van der Waals surface area contributed by atoms with Crippen molar-refractivity contribution in [2.24, 2.45) is 0 Å². The van der Waals surface area contributed by atoms with E-state index in [0.717, 1.165) is 11.8 Å².